The van der Waals surface area contributed by atoms with Gasteiger partial charge in [0.05, 0.1) is 17.4 Å². The Kier molecular flexibility index (Phi) is 6.83. The normalized spacial score (nSPS) is 17.4. The van der Waals surface area contributed by atoms with E-state index in [2.05, 4.69) is 10.3 Å². The summed E-state index contributed by atoms with van der Waals surface area (Å²) >= 11 is 1.03. The molecule has 164 valence electrons. The first-order valence-corrected chi connectivity index (χ1v) is 10.6. The Morgan fingerprint density at radius 3 is 2.42 bits per heavy atom. The fourth-order valence-electron chi connectivity index (χ4n) is 2.76. The number of carboxylic acid groups (broad SMARTS) is 1. The van der Waals surface area contributed by atoms with Crippen LogP contribution in [0.4, 0.5) is 4.79 Å². The zero-order valence-corrected chi connectivity index (χ0v) is 18.7. The van der Waals surface area contributed by atoms with Crippen LogP contribution in [0.25, 0.3) is 6.08 Å². The number of nitrogens with zero attached hydrogens (tertiary/aromatic N) is 1. The molecule has 0 atom stereocenters. The number of rotatable bonds is 7. The van der Waals surface area contributed by atoms with E-state index in [1.807, 2.05) is 58.0 Å². The second-order valence-corrected chi connectivity index (χ2v) is 9.15. The molecule has 2 heterocycles. The SMILES string of the molecule is CC1(C)OB(C(=Cc2ncc(C(=O)O)s2)CNC(=O)OCc2ccccc2)OC1(C)C. The van der Waals surface area contributed by atoms with E-state index in [9.17, 15) is 9.59 Å². The van der Waals surface area contributed by atoms with Crippen molar-refractivity contribution < 1.29 is 28.7 Å². The van der Waals surface area contributed by atoms with Crippen LogP contribution in [0.5, 0.6) is 0 Å². The van der Waals surface area contributed by atoms with Crippen LogP contribution in [-0.2, 0) is 20.7 Å². The fraction of sp³-hybridized carbons (Fsp3) is 0.381. The van der Waals surface area contributed by atoms with Gasteiger partial charge in [-0.2, -0.15) is 0 Å². The zero-order valence-electron chi connectivity index (χ0n) is 17.9. The van der Waals surface area contributed by atoms with Crippen molar-refractivity contribution >= 4 is 36.6 Å². The number of nitrogens with one attached hydrogen (secondary N) is 1. The number of aromatic carboxylic acids is 1. The quantitative estimate of drug-likeness (QED) is 0.626. The number of aromatic nitrogens is 1. The van der Waals surface area contributed by atoms with Gasteiger partial charge < -0.3 is 24.5 Å². The van der Waals surface area contributed by atoms with Gasteiger partial charge in [0, 0.05) is 6.54 Å². The summed E-state index contributed by atoms with van der Waals surface area (Å²) in [5.74, 6) is -1.04. The van der Waals surface area contributed by atoms with Gasteiger partial charge in [0.15, 0.2) is 0 Å². The molecule has 1 aliphatic rings. The molecule has 0 bridgehead atoms. The van der Waals surface area contributed by atoms with Crippen molar-refractivity contribution in [1.29, 1.82) is 0 Å². The number of thiazole rings is 1. The molecule has 3 rings (SSSR count). The topological polar surface area (TPSA) is 107 Å². The number of hydrogen-bond acceptors (Lipinski definition) is 7. The van der Waals surface area contributed by atoms with Crippen LogP contribution in [0.2, 0.25) is 0 Å². The number of alkyl carbamates (subject to hydrolysis) is 1. The third-order valence-electron chi connectivity index (χ3n) is 5.25. The average Bonchev–Trinajstić information content (AvgIpc) is 3.26. The summed E-state index contributed by atoms with van der Waals surface area (Å²) in [7, 11) is -0.725. The van der Waals surface area contributed by atoms with E-state index in [4.69, 9.17) is 19.2 Å². The van der Waals surface area contributed by atoms with Crippen molar-refractivity contribution in [2.75, 3.05) is 6.54 Å². The number of hydrogen-bond donors (Lipinski definition) is 2. The molecule has 1 amide bonds. The van der Waals surface area contributed by atoms with E-state index in [-0.39, 0.29) is 18.0 Å². The number of carboxylic acids is 1. The fourth-order valence-corrected chi connectivity index (χ4v) is 3.49. The standard InChI is InChI=1S/C21H25BN2O6S/c1-20(2)21(3,4)30-22(29-20)15(10-17-23-12-16(31-17)18(25)26)11-24-19(27)28-13-14-8-6-5-7-9-14/h5-10,12H,11,13H2,1-4H3,(H,24,27)(H,25,26). The first-order valence-electron chi connectivity index (χ1n) is 9.77. The predicted octanol–water partition coefficient (Wildman–Crippen LogP) is 3.78. The Labute approximate surface area is 185 Å². The van der Waals surface area contributed by atoms with Gasteiger partial charge in [-0.25, -0.2) is 14.6 Å². The van der Waals surface area contributed by atoms with Crippen LogP contribution < -0.4 is 5.32 Å². The van der Waals surface area contributed by atoms with Crippen molar-refractivity contribution in [3.8, 4) is 0 Å². The highest BCUT2D eigenvalue weighted by atomic mass is 32.1. The molecule has 2 N–H and O–H groups in total. The third kappa shape index (κ3) is 5.72. The number of carbonyl (C=O) groups is 2. The van der Waals surface area contributed by atoms with Crippen molar-refractivity contribution in [3.05, 3.63) is 57.4 Å². The second-order valence-electron chi connectivity index (χ2n) is 8.09. The maximum absolute atomic E-state index is 12.2. The highest BCUT2D eigenvalue weighted by Gasteiger charge is 2.52. The van der Waals surface area contributed by atoms with Gasteiger partial charge in [0.2, 0.25) is 0 Å². The molecule has 1 aromatic heterocycles. The van der Waals surface area contributed by atoms with Gasteiger partial charge in [-0.1, -0.05) is 30.3 Å². The molecule has 2 aromatic rings. The van der Waals surface area contributed by atoms with Crippen molar-refractivity contribution in [2.45, 2.75) is 45.5 Å². The number of amides is 1. The maximum Gasteiger partial charge on any atom is 0.492 e. The summed E-state index contributed by atoms with van der Waals surface area (Å²) in [6.45, 7) is 7.95. The van der Waals surface area contributed by atoms with Crippen LogP contribution in [0.3, 0.4) is 0 Å². The molecule has 1 saturated heterocycles. The minimum atomic E-state index is -1.04. The minimum absolute atomic E-state index is 0.0897. The summed E-state index contributed by atoms with van der Waals surface area (Å²) < 4.78 is 17.4. The molecule has 8 nitrogen and oxygen atoms in total. The molecule has 1 aliphatic heterocycles. The van der Waals surface area contributed by atoms with Crippen LogP contribution in [0, 0.1) is 0 Å². The molecule has 0 saturated carbocycles. The lowest BCUT2D eigenvalue weighted by molar-refractivity contribution is 0.00578. The molecule has 0 radical (unpaired) electrons. The van der Waals surface area contributed by atoms with Gasteiger partial charge in [0.1, 0.15) is 16.5 Å². The van der Waals surface area contributed by atoms with Crippen LogP contribution >= 0.6 is 11.3 Å². The zero-order chi connectivity index (χ0) is 22.6. The summed E-state index contributed by atoms with van der Waals surface area (Å²) in [5, 5.41) is 12.3. The highest BCUT2D eigenvalue weighted by Crippen LogP contribution is 2.38. The highest BCUT2D eigenvalue weighted by molar-refractivity contribution is 7.14. The van der Waals surface area contributed by atoms with Gasteiger partial charge in [0.25, 0.3) is 0 Å². The van der Waals surface area contributed by atoms with E-state index >= 15 is 0 Å². The summed E-state index contributed by atoms with van der Waals surface area (Å²) in [6, 6.07) is 9.36. The molecular weight excluding hydrogens is 419 g/mol. The van der Waals surface area contributed by atoms with Crippen molar-refractivity contribution in [1.82, 2.24) is 10.3 Å². The van der Waals surface area contributed by atoms with E-state index in [0.717, 1.165) is 16.9 Å². The number of benzene rings is 1. The first kappa shape index (κ1) is 23.0. The van der Waals surface area contributed by atoms with Crippen LogP contribution in [-0.4, -0.2) is 47.0 Å². The lowest BCUT2D eigenvalue weighted by atomic mass is 9.77. The molecule has 31 heavy (non-hydrogen) atoms. The Bertz CT molecular complexity index is 957. The van der Waals surface area contributed by atoms with E-state index in [0.29, 0.717) is 10.5 Å². The molecule has 0 aliphatic carbocycles. The number of carbonyl (C=O) groups excluding carboxylic acids is 1. The molecule has 1 aromatic carbocycles. The van der Waals surface area contributed by atoms with Gasteiger partial charge >= 0.3 is 19.2 Å². The molecule has 10 heteroatoms. The Morgan fingerprint density at radius 2 is 1.84 bits per heavy atom. The third-order valence-corrected chi connectivity index (χ3v) is 6.18. The van der Waals surface area contributed by atoms with Crippen molar-refractivity contribution in [3.63, 3.8) is 0 Å². The minimum Gasteiger partial charge on any atom is -0.477 e. The molecule has 0 unspecified atom stereocenters. The van der Waals surface area contributed by atoms with Gasteiger partial charge in [-0.15, -0.1) is 11.3 Å². The molecule has 1 fully saturated rings. The van der Waals surface area contributed by atoms with Gasteiger partial charge in [-0.3, -0.25) is 0 Å². The Hall–Kier alpha value is -2.69. The largest absolute Gasteiger partial charge is 0.492 e. The van der Waals surface area contributed by atoms with E-state index in [1.165, 1.54) is 6.20 Å². The molecule has 0 spiro atoms. The monoisotopic (exact) mass is 444 g/mol. The Balaban J connectivity index is 1.72. The lowest BCUT2D eigenvalue weighted by Crippen LogP contribution is -2.41. The summed E-state index contributed by atoms with van der Waals surface area (Å²) in [4.78, 5) is 27.6. The smallest absolute Gasteiger partial charge is 0.477 e. The number of ether oxygens (including phenoxy) is 1. The second kappa shape index (κ2) is 9.21. The molecular formula is C21H25BN2O6S. The van der Waals surface area contributed by atoms with E-state index in [1.54, 1.807) is 6.08 Å². The predicted molar refractivity (Wildman–Crippen MR) is 118 cm³/mol. The summed E-state index contributed by atoms with van der Waals surface area (Å²) in [5.41, 5.74) is 0.337. The van der Waals surface area contributed by atoms with Crippen LogP contribution in [0.15, 0.2) is 42.0 Å². The summed E-state index contributed by atoms with van der Waals surface area (Å²) in [6.07, 6.45) is 2.38. The Morgan fingerprint density at radius 1 is 1.19 bits per heavy atom. The van der Waals surface area contributed by atoms with Crippen molar-refractivity contribution in [2.24, 2.45) is 0 Å². The maximum atomic E-state index is 12.2. The van der Waals surface area contributed by atoms with Crippen LogP contribution in [0.1, 0.15) is 47.9 Å². The first-order chi connectivity index (χ1) is 14.6. The lowest BCUT2D eigenvalue weighted by Gasteiger charge is -2.32. The van der Waals surface area contributed by atoms with E-state index < -0.39 is 30.4 Å². The average molecular weight is 444 g/mol. The van der Waals surface area contributed by atoms with Gasteiger partial charge in [-0.05, 0) is 44.8 Å².